The summed E-state index contributed by atoms with van der Waals surface area (Å²) in [6.45, 7) is 8.51. The van der Waals surface area contributed by atoms with Crippen LogP contribution >= 0.6 is 0 Å². The molecule has 0 fully saturated rings. The molecule has 0 bridgehead atoms. The van der Waals surface area contributed by atoms with Gasteiger partial charge >= 0.3 is 0 Å². The highest BCUT2D eigenvalue weighted by atomic mass is 14.7. The van der Waals surface area contributed by atoms with Gasteiger partial charge in [-0.2, -0.15) is 0 Å². The van der Waals surface area contributed by atoms with E-state index in [1.165, 1.54) is 23.3 Å². The Balaban J connectivity index is 2.91. The van der Waals surface area contributed by atoms with Crippen molar-refractivity contribution in [2.45, 2.75) is 40.5 Å². The fraction of sp³-hybridized carbons (Fsp3) is 0.462. The van der Waals surface area contributed by atoms with E-state index in [0.29, 0.717) is 0 Å². The van der Waals surface area contributed by atoms with Gasteiger partial charge < -0.3 is 0 Å². The third-order valence-corrected chi connectivity index (χ3v) is 2.28. The summed E-state index contributed by atoms with van der Waals surface area (Å²) in [5.41, 5.74) is 4.90. The van der Waals surface area contributed by atoms with Crippen molar-refractivity contribution in [3.63, 3.8) is 0 Å². The van der Waals surface area contributed by atoms with Gasteiger partial charge in [0.25, 0.3) is 0 Å². The fourth-order valence-electron chi connectivity index (χ4n) is 1.55. The first-order valence-electron chi connectivity index (χ1n) is 5.25. The zero-order valence-corrected chi connectivity index (χ0v) is 9.59. The van der Waals surface area contributed by atoms with Crippen LogP contribution in [0.2, 0.25) is 0 Å². The molecule has 0 atom stereocenters. The van der Waals surface area contributed by atoms with E-state index in [2.05, 4.69) is 50.9 Å². The van der Waals surface area contributed by atoms with E-state index >= 15 is 0 Å². The molecule has 0 amide bonds. The van der Waals surface area contributed by atoms with Crippen LogP contribution in [-0.2, 0) is 0 Å². The maximum atomic E-state index is 4.61. The zero-order chi connectivity index (χ0) is 10.6. The van der Waals surface area contributed by atoms with Crippen molar-refractivity contribution >= 4 is 11.4 Å². The molecule has 0 heterocycles. The summed E-state index contributed by atoms with van der Waals surface area (Å²) in [6, 6.07) is 6.40. The molecule has 1 aromatic rings. The molecule has 1 heteroatoms. The van der Waals surface area contributed by atoms with Gasteiger partial charge in [0.1, 0.15) is 0 Å². The number of hydrogen-bond acceptors (Lipinski definition) is 1. The molecule has 1 nitrogen and oxygen atoms in total. The molecule has 0 saturated heterocycles. The number of hydrogen-bond donors (Lipinski definition) is 0. The molecule has 0 radical (unpaired) electrons. The number of rotatable bonds is 3. The van der Waals surface area contributed by atoms with Crippen molar-refractivity contribution in [2.75, 3.05) is 0 Å². The molecule has 0 unspecified atom stereocenters. The lowest BCUT2D eigenvalue weighted by Gasteiger charge is -2.03. The quantitative estimate of drug-likeness (QED) is 0.632. The number of benzene rings is 1. The smallest absolute Gasteiger partial charge is 0.0658 e. The van der Waals surface area contributed by atoms with E-state index in [4.69, 9.17) is 0 Å². The van der Waals surface area contributed by atoms with Crippen LogP contribution in [0.15, 0.2) is 23.2 Å². The molecule has 14 heavy (non-hydrogen) atoms. The minimum absolute atomic E-state index is 1.09. The Labute approximate surface area is 86.9 Å². The highest BCUT2D eigenvalue weighted by Gasteiger charge is 1.97. The minimum Gasteiger partial charge on any atom is -0.258 e. The molecule has 1 aromatic carbocycles. The van der Waals surface area contributed by atoms with Crippen molar-refractivity contribution in [2.24, 2.45) is 4.99 Å². The van der Waals surface area contributed by atoms with Crippen molar-refractivity contribution in [1.82, 2.24) is 0 Å². The second-order valence-corrected chi connectivity index (χ2v) is 3.89. The molecule has 0 spiro atoms. The molecule has 0 saturated carbocycles. The van der Waals surface area contributed by atoms with Gasteiger partial charge in [0.05, 0.1) is 5.69 Å². The van der Waals surface area contributed by atoms with Gasteiger partial charge in [-0.1, -0.05) is 31.0 Å². The Kier molecular flexibility index (Phi) is 3.87. The Hall–Kier alpha value is -1.11. The van der Waals surface area contributed by atoms with E-state index in [9.17, 15) is 0 Å². The first kappa shape index (κ1) is 11.0. The van der Waals surface area contributed by atoms with Gasteiger partial charge in [0.15, 0.2) is 0 Å². The van der Waals surface area contributed by atoms with Crippen molar-refractivity contribution in [1.29, 1.82) is 0 Å². The number of aryl methyl sites for hydroxylation is 2. The van der Waals surface area contributed by atoms with Crippen LogP contribution < -0.4 is 0 Å². The molecular weight excluding hydrogens is 170 g/mol. The Morgan fingerprint density at radius 2 is 2.00 bits per heavy atom. The Bertz CT molecular complexity index is 337. The SMILES string of the molecule is CCCC(C)=Nc1ccc(C)cc1C. The fourth-order valence-corrected chi connectivity index (χ4v) is 1.55. The van der Waals surface area contributed by atoms with E-state index in [1.807, 2.05) is 0 Å². The third-order valence-electron chi connectivity index (χ3n) is 2.28. The standard InChI is InChI=1S/C13H19N/c1-5-6-12(4)14-13-8-7-10(2)9-11(13)3/h7-9H,5-6H2,1-4H3. The maximum Gasteiger partial charge on any atom is 0.0658 e. The van der Waals surface area contributed by atoms with Crippen LogP contribution in [0.1, 0.15) is 37.8 Å². The summed E-state index contributed by atoms with van der Waals surface area (Å²) < 4.78 is 0. The lowest BCUT2D eigenvalue weighted by atomic mass is 10.1. The first-order valence-corrected chi connectivity index (χ1v) is 5.25. The molecule has 0 aliphatic carbocycles. The normalized spacial score (nSPS) is 11.9. The Morgan fingerprint density at radius 1 is 1.29 bits per heavy atom. The zero-order valence-electron chi connectivity index (χ0n) is 9.59. The topological polar surface area (TPSA) is 12.4 Å². The monoisotopic (exact) mass is 189 g/mol. The molecule has 0 N–H and O–H groups in total. The summed E-state index contributed by atoms with van der Waals surface area (Å²) >= 11 is 0. The van der Waals surface area contributed by atoms with E-state index in [-0.39, 0.29) is 0 Å². The van der Waals surface area contributed by atoms with Crippen molar-refractivity contribution < 1.29 is 0 Å². The second kappa shape index (κ2) is 4.94. The minimum atomic E-state index is 1.09. The first-order chi connectivity index (χ1) is 6.63. The molecule has 0 aliphatic rings. The average molecular weight is 189 g/mol. The molecular formula is C13H19N. The van der Waals surface area contributed by atoms with Crippen LogP contribution in [0.5, 0.6) is 0 Å². The van der Waals surface area contributed by atoms with E-state index in [0.717, 1.165) is 12.1 Å². The summed E-state index contributed by atoms with van der Waals surface area (Å²) in [5, 5.41) is 0. The van der Waals surface area contributed by atoms with Crippen LogP contribution in [0, 0.1) is 13.8 Å². The van der Waals surface area contributed by atoms with Gasteiger partial charge in [0.2, 0.25) is 0 Å². The largest absolute Gasteiger partial charge is 0.258 e. The van der Waals surface area contributed by atoms with Crippen LogP contribution in [0.3, 0.4) is 0 Å². The van der Waals surface area contributed by atoms with Gasteiger partial charge in [-0.05, 0) is 38.8 Å². The summed E-state index contributed by atoms with van der Waals surface area (Å²) in [6.07, 6.45) is 2.26. The molecule has 76 valence electrons. The molecule has 0 aromatic heterocycles. The maximum absolute atomic E-state index is 4.61. The van der Waals surface area contributed by atoms with Crippen LogP contribution in [0.25, 0.3) is 0 Å². The van der Waals surface area contributed by atoms with Gasteiger partial charge in [0, 0.05) is 5.71 Å². The van der Waals surface area contributed by atoms with Crippen LogP contribution in [-0.4, -0.2) is 5.71 Å². The molecule has 1 rings (SSSR count). The Morgan fingerprint density at radius 3 is 2.57 bits per heavy atom. The predicted molar refractivity (Wildman–Crippen MR) is 63.6 cm³/mol. The molecule has 0 aliphatic heterocycles. The summed E-state index contributed by atoms with van der Waals surface area (Å²) in [5.74, 6) is 0. The third kappa shape index (κ3) is 2.99. The number of nitrogens with zero attached hydrogens (tertiary/aromatic N) is 1. The van der Waals surface area contributed by atoms with Crippen molar-refractivity contribution in [3.05, 3.63) is 29.3 Å². The number of aliphatic imine (C=N–C) groups is 1. The lowest BCUT2D eigenvalue weighted by molar-refractivity contribution is 0.987. The van der Waals surface area contributed by atoms with Gasteiger partial charge in [-0.3, -0.25) is 4.99 Å². The average Bonchev–Trinajstić information content (AvgIpc) is 2.10. The summed E-state index contributed by atoms with van der Waals surface area (Å²) in [7, 11) is 0. The summed E-state index contributed by atoms with van der Waals surface area (Å²) in [4.78, 5) is 4.61. The van der Waals surface area contributed by atoms with Crippen LogP contribution in [0.4, 0.5) is 5.69 Å². The predicted octanol–water partition coefficient (Wildman–Crippen LogP) is 4.20. The van der Waals surface area contributed by atoms with E-state index in [1.54, 1.807) is 0 Å². The van der Waals surface area contributed by atoms with Gasteiger partial charge in [-0.25, -0.2) is 0 Å². The second-order valence-electron chi connectivity index (χ2n) is 3.89. The van der Waals surface area contributed by atoms with Crippen molar-refractivity contribution in [3.8, 4) is 0 Å². The lowest BCUT2D eigenvalue weighted by Crippen LogP contribution is -1.89. The highest BCUT2D eigenvalue weighted by molar-refractivity contribution is 5.84. The van der Waals surface area contributed by atoms with Gasteiger partial charge in [-0.15, -0.1) is 0 Å². The van der Waals surface area contributed by atoms with E-state index < -0.39 is 0 Å². The highest BCUT2D eigenvalue weighted by Crippen LogP contribution is 2.20.